The van der Waals surface area contributed by atoms with Crippen LogP contribution in [0.5, 0.6) is 11.5 Å². The molecular formula is C52H52N12Na4O26S12. The van der Waals surface area contributed by atoms with Crippen LogP contribution in [0, 0.1) is 0 Å². The van der Waals surface area contributed by atoms with Crippen LogP contribution < -0.4 is 138 Å². The normalized spacial score (nSPS) is 12.3. The van der Waals surface area contributed by atoms with Gasteiger partial charge in [0, 0.05) is 45.9 Å². The Hall–Kier alpha value is -3.06. The summed E-state index contributed by atoms with van der Waals surface area (Å²) in [7, 11) is -34.4. The minimum Gasteiger partial charge on any atom is -0.744 e. The summed E-state index contributed by atoms with van der Waals surface area (Å²) in [5.41, 5.74) is 1.38. The van der Waals surface area contributed by atoms with Gasteiger partial charge in [0.05, 0.1) is 90.9 Å². The summed E-state index contributed by atoms with van der Waals surface area (Å²) in [6.45, 7) is 0. The van der Waals surface area contributed by atoms with Gasteiger partial charge in [0.1, 0.15) is 52.0 Å². The maximum Gasteiger partial charge on any atom is 1.00 e. The Morgan fingerprint density at radius 2 is 0.632 bits per heavy atom. The van der Waals surface area contributed by atoms with Gasteiger partial charge in [-0.05, 0) is 109 Å². The van der Waals surface area contributed by atoms with E-state index in [1.807, 2.05) is 0 Å². The van der Waals surface area contributed by atoms with E-state index in [0.717, 1.165) is 59.2 Å². The van der Waals surface area contributed by atoms with Crippen molar-refractivity contribution < 1.29 is 231 Å². The average molecular weight is 1740 g/mol. The molecule has 0 aliphatic rings. The maximum absolute atomic E-state index is 11.9. The number of aromatic nitrogens is 6. The number of nitrogens with zero attached hydrogens (tertiary/aromatic N) is 10. The first kappa shape index (κ1) is 97.1. The molecule has 106 heavy (non-hydrogen) atoms. The third kappa shape index (κ3) is 32.9. The van der Waals surface area contributed by atoms with Crippen LogP contribution in [0.2, 0.25) is 0 Å². The molecule has 0 bridgehead atoms. The van der Waals surface area contributed by atoms with Crippen LogP contribution in [0.25, 0.3) is 21.5 Å². The molecule has 38 nitrogen and oxygen atoms in total. The summed E-state index contributed by atoms with van der Waals surface area (Å²) in [4.78, 5) is 22.3. The van der Waals surface area contributed by atoms with Gasteiger partial charge in [0.15, 0.2) is 20.6 Å². The number of fused-ring (bicyclic) bond motifs is 2. The topological polar surface area (TPSA) is 616 Å². The van der Waals surface area contributed by atoms with Gasteiger partial charge in [-0.1, -0.05) is 59.2 Å². The smallest absolute Gasteiger partial charge is 0.744 e. The van der Waals surface area contributed by atoms with Gasteiger partial charge in [-0.3, -0.25) is 18.2 Å². The van der Waals surface area contributed by atoms with Crippen LogP contribution in [0.4, 0.5) is 46.0 Å². The van der Waals surface area contributed by atoms with Gasteiger partial charge >= 0.3 is 118 Å². The summed E-state index contributed by atoms with van der Waals surface area (Å²) in [6, 6.07) is 19.6. The number of azo groups is 2. The van der Waals surface area contributed by atoms with Crippen LogP contribution in [0.3, 0.4) is 0 Å². The number of anilines is 4. The number of nitrogens with one attached hydrogen (secondary N) is 2. The second kappa shape index (κ2) is 42.2. The number of methoxy groups -OCH3 is 2. The van der Waals surface area contributed by atoms with E-state index in [1.54, 1.807) is 12.1 Å². The van der Waals surface area contributed by atoms with Crippen LogP contribution >= 0.6 is 47.0 Å². The molecule has 0 aliphatic carbocycles. The summed E-state index contributed by atoms with van der Waals surface area (Å²) < 4.78 is 275. The van der Waals surface area contributed by atoms with E-state index in [-0.39, 0.29) is 255 Å². The molecule has 8 rings (SSSR count). The SMILES string of the molecule is COc1cc(N=Nc2ccc3cc(S(=O)(=O)[O-])cc(S(=O)(=O)[O-])c3c2)ccc1Nc1nc(SCCCS(=O)(=O)O)nc(SCCCS(=O)(=O)O)n1.COc1cc(N=Nc2ccc3cc(S(=O)(=O)[O-])cc(S(=O)(=O)[O-])c3c2)ccc1Nc1nc(SCCCS(=O)(=O)O)nc(SCCCS(=O)(=O)O)n1.[Na+].[Na+].[Na+].[Na+]. The van der Waals surface area contributed by atoms with Crippen molar-refractivity contribution in [2.45, 2.75) is 65.9 Å². The van der Waals surface area contributed by atoms with Crippen molar-refractivity contribution in [3.63, 3.8) is 0 Å². The van der Waals surface area contributed by atoms with Crippen molar-refractivity contribution in [2.24, 2.45) is 20.5 Å². The van der Waals surface area contributed by atoms with Gasteiger partial charge in [-0.25, -0.2) is 33.7 Å². The monoisotopic (exact) mass is 1740 g/mol. The first-order chi connectivity index (χ1) is 47.4. The zero-order chi connectivity index (χ0) is 75.2. The van der Waals surface area contributed by atoms with Gasteiger partial charge < -0.3 is 38.3 Å². The van der Waals surface area contributed by atoms with Crippen molar-refractivity contribution in [2.75, 3.05) is 70.9 Å². The second-order valence-corrected chi connectivity index (χ2v) is 36.3. The molecule has 8 aromatic rings. The molecule has 0 saturated heterocycles. The Kier molecular flexibility index (Phi) is 38.6. The molecule has 6 aromatic carbocycles. The van der Waals surface area contributed by atoms with E-state index < -0.39 is 124 Å². The van der Waals surface area contributed by atoms with E-state index >= 15 is 0 Å². The number of ether oxygens (including phenoxy) is 2. The third-order valence-electron chi connectivity index (χ3n) is 12.6. The zero-order valence-corrected chi connectivity index (χ0v) is 73.7. The van der Waals surface area contributed by atoms with Crippen molar-refractivity contribution in [1.82, 2.24) is 29.9 Å². The van der Waals surface area contributed by atoms with Gasteiger partial charge in [0.25, 0.3) is 40.5 Å². The Morgan fingerprint density at radius 1 is 0.368 bits per heavy atom. The molecule has 0 fully saturated rings. The molecule has 6 N–H and O–H groups in total. The van der Waals surface area contributed by atoms with Crippen LogP contribution in [-0.2, 0) is 80.9 Å². The number of thioether (sulfide) groups is 4. The van der Waals surface area contributed by atoms with E-state index in [9.17, 15) is 85.6 Å². The maximum atomic E-state index is 11.9. The van der Waals surface area contributed by atoms with Crippen molar-refractivity contribution >= 4 is 196 Å². The summed E-state index contributed by atoms with van der Waals surface area (Å²) >= 11 is 4.35. The van der Waals surface area contributed by atoms with Gasteiger partial charge in [-0.15, -0.1) is 0 Å². The number of hydrogen-bond donors (Lipinski definition) is 6. The number of rotatable bonds is 34. The molecule has 0 spiro atoms. The van der Waals surface area contributed by atoms with E-state index in [0.29, 0.717) is 23.5 Å². The van der Waals surface area contributed by atoms with E-state index in [1.165, 1.54) is 74.9 Å². The number of benzene rings is 6. The van der Waals surface area contributed by atoms with Crippen molar-refractivity contribution in [1.29, 1.82) is 0 Å². The molecule has 0 unspecified atom stereocenters. The Balaban J connectivity index is 0.000000530. The molecule has 2 aromatic heterocycles. The zero-order valence-electron chi connectivity index (χ0n) is 55.9. The molecule has 0 aliphatic heterocycles. The summed E-state index contributed by atoms with van der Waals surface area (Å²) in [5, 5.41) is 22.7. The average Bonchev–Trinajstić information content (AvgIpc) is 0.773. The predicted molar refractivity (Wildman–Crippen MR) is 367 cm³/mol. The third-order valence-corrected chi connectivity index (χ3v) is 22.9. The Bertz CT molecular complexity index is 5070. The van der Waals surface area contributed by atoms with Crippen LogP contribution in [0.1, 0.15) is 25.7 Å². The van der Waals surface area contributed by atoms with Gasteiger partial charge in [0.2, 0.25) is 11.9 Å². The molecule has 0 radical (unpaired) electrons. The van der Waals surface area contributed by atoms with Crippen LogP contribution in [0.15, 0.2) is 158 Å². The van der Waals surface area contributed by atoms with E-state index in [4.69, 9.17) is 27.7 Å². The molecular weight excluding hydrogens is 1690 g/mol. The quantitative estimate of drug-likeness (QED) is 0.00728. The second-order valence-electron chi connectivity index (χ2n) is 20.3. The molecule has 0 amide bonds. The number of hydrogen-bond acceptors (Lipinski definition) is 38. The standard InChI is InChI=1S/2C26H28N6O13S6.4Na/c2*1-45-22-14-18(32-31-17-5-4-16-12-19(50(39,40)41)15-23(20(16)13-17)51(42,43)44)6-7-21(22)27-24-28-25(46-8-2-10-48(33,34)35)30-26(29-24)47-9-3-11-49(36,37)38;;;;/h2*4-7,12-15H,2-3,8-11H2,1H3,(H,33,34,35)(H,36,37,38)(H,39,40,41)(H,42,43,44)(H,27,28,29,30);;;;/q;;4*+1/p-4. The molecule has 54 heteroatoms. The Morgan fingerprint density at radius 3 is 0.877 bits per heavy atom. The fourth-order valence-corrected chi connectivity index (χ4v) is 16.9. The summed E-state index contributed by atoms with van der Waals surface area (Å²) in [5.74, 6) is -0.380. The first-order valence-corrected chi connectivity index (χ1v) is 44.0. The minimum atomic E-state index is -5.19. The summed E-state index contributed by atoms with van der Waals surface area (Å²) in [6.07, 6.45) is 0.402. The molecule has 0 saturated carbocycles. The van der Waals surface area contributed by atoms with Crippen molar-refractivity contribution in [3.05, 3.63) is 97.1 Å². The fourth-order valence-electron chi connectivity index (χ4n) is 8.23. The Labute approximate surface area is 713 Å². The molecule has 2 heterocycles. The molecule has 552 valence electrons. The first-order valence-electron chi connectivity index (χ1n) is 28.0. The van der Waals surface area contributed by atoms with Crippen LogP contribution in [-0.4, -0.2) is 194 Å². The van der Waals surface area contributed by atoms with Gasteiger partial charge in [-0.2, -0.15) is 84.0 Å². The minimum absolute atomic E-state index is 0. The fraction of sp³-hybridized carbons (Fsp3) is 0.269. The predicted octanol–water partition coefficient (Wildman–Crippen LogP) is -4.50. The largest absolute Gasteiger partial charge is 1.00 e. The molecule has 0 atom stereocenters. The van der Waals surface area contributed by atoms with Crippen molar-refractivity contribution in [3.8, 4) is 11.5 Å². The van der Waals surface area contributed by atoms with E-state index in [2.05, 4.69) is 61.0 Å².